The molecule has 0 unspecified atom stereocenters. The minimum Gasteiger partial charge on any atom is -0.0931 e. The molecule has 1 aromatic carbocycles. The molecule has 0 atom stereocenters. The maximum Gasteiger partial charge on any atom is 0.0595 e. The molecule has 0 aliphatic carbocycles. The summed E-state index contributed by atoms with van der Waals surface area (Å²) in [5.41, 5.74) is 1.09. The van der Waals surface area contributed by atoms with Gasteiger partial charge in [0.1, 0.15) is 0 Å². The van der Waals surface area contributed by atoms with Gasteiger partial charge in [-0.1, -0.05) is 41.5 Å². The largest absolute Gasteiger partial charge is 0.0931 e. The summed E-state index contributed by atoms with van der Waals surface area (Å²) in [6, 6.07) is 5.52. The van der Waals surface area contributed by atoms with Crippen LogP contribution in [-0.2, 0) is 6.42 Å². The van der Waals surface area contributed by atoms with Gasteiger partial charge in [0, 0.05) is 6.42 Å². The van der Waals surface area contributed by atoms with E-state index in [0.29, 0.717) is 10.0 Å². The lowest BCUT2D eigenvalue weighted by Crippen LogP contribution is -1.83. The summed E-state index contributed by atoms with van der Waals surface area (Å²) >= 11 is 16.2. The Bertz CT molecular complexity index is 271. The highest BCUT2D eigenvalue weighted by molar-refractivity contribution is 7.78. The Hall–Kier alpha value is -0.110. The molecule has 0 aliphatic heterocycles. The van der Waals surface area contributed by atoms with Crippen LogP contribution in [0.2, 0.25) is 10.0 Å². The van der Waals surface area contributed by atoms with Crippen molar-refractivity contribution in [2.75, 3.05) is 0 Å². The fourth-order valence-electron chi connectivity index (χ4n) is 0.763. The smallest absolute Gasteiger partial charge is 0.0595 e. The van der Waals surface area contributed by atoms with E-state index in [1.54, 1.807) is 11.4 Å². The molecule has 0 fully saturated rings. The summed E-state index contributed by atoms with van der Waals surface area (Å²) < 4.78 is 0. The van der Waals surface area contributed by atoms with Crippen molar-refractivity contribution < 1.29 is 0 Å². The van der Waals surface area contributed by atoms with Gasteiger partial charge in [0.05, 0.1) is 10.0 Å². The number of hydrogen-bond acceptors (Lipinski definition) is 1. The predicted molar refractivity (Wildman–Crippen MR) is 53.8 cm³/mol. The van der Waals surface area contributed by atoms with Crippen molar-refractivity contribution in [3.8, 4) is 0 Å². The number of halogens is 2. The van der Waals surface area contributed by atoms with Crippen LogP contribution in [0, 0.1) is 0 Å². The molecule has 0 radical (unpaired) electrons. The zero-order valence-electron chi connectivity index (χ0n) is 5.68. The van der Waals surface area contributed by atoms with E-state index < -0.39 is 0 Å². The van der Waals surface area contributed by atoms with Crippen molar-refractivity contribution >= 4 is 40.8 Å². The first-order chi connectivity index (χ1) is 5.24. The first-order valence-corrected chi connectivity index (χ1v) is 4.34. The molecule has 0 aromatic heterocycles. The molecular weight excluding hydrogens is 199 g/mol. The van der Waals surface area contributed by atoms with Gasteiger partial charge in [-0.2, -0.15) is 0 Å². The van der Waals surface area contributed by atoms with Crippen LogP contribution in [0.3, 0.4) is 0 Å². The van der Waals surface area contributed by atoms with E-state index in [2.05, 4.69) is 0 Å². The second-order valence-electron chi connectivity index (χ2n) is 2.12. The van der Waals surface area contributed by atoms with Gasteiger partial charge in [0.2, 0.25) is 0 Å². The molecule has 0 bridgehead atoms. The zero-order valence-corrected chi connectivity index (χ0v) is 8.01. The third-order valence-corrected chi connectivity index (χ3v) is 2.21. The van der Waals surface area contributed by atoms with Crippen LogP contribution in [0.25, 0.3) is 0 Å². The number of rotatable bonds is 2. The molecule has 11 heavy (non-hydrogen) atoms. The van der Waals surface area contributed by atoms with E-state index in [1.807, 2.05) is 12.1 Å². The molecule has 0 amide bonds. The molecule has 58 valence electrons. The Labute approximate surface area is 81.1 Å². The van der Waals surface area contributed by atoms with Gasteiger partial charge in [-0.25, -0.2) is 0 Å². The van der Waals surface area contributed by atoms with Crippen LogP contribution < -0.4 is 0 Å². The second-order valence-corrected chi connectivity index (χ2v) is 3.27. The Morgan fingerprint density at radius 1 is 1.27 bits per heavy atom. The zero-order chi connectivity index (χ0) is 8.27. The van der Waals surface area contributed by atoms with Crippen LogP contribution in [-0.4, -0.2) is 5.37 Å². The van der Waals surface area contributed by atoms with E-state index in [-0.39, 0.29) is 0 Å². The van der Waals surface area contributed by atoms with Crippen LogP contribution >= 0.6 is 35.4 Å². The Morgan fingerprint density at radius 2 is 2.00 bits per heavy atom. The molecule has 0 saturated heterocycles. The van der Waals surface area contributed by atoms with E-state index in [9.17, 15) is 0 Å². The first-order valence-electron chi connectivity index (χ1n) is 3.11. The van der Waals surface area contributed by atoms with Crippen molar-refractivity contribution in [1.29, 1.82) is 0 Å². The highest BCUT2D eigenvalue weighted by Crippen LogP contribution is 2.22. The number of benzene rings is 1. The van der Waals surface area contributed by atoms with Crippen molar-refractivity contribution in [2.45, 2.75) is 6.42 Å². The van der Waals surface area contributed by atoms with E-state index in [1.165, 1.54) is 0 Å². The molecule has 1 rings (SSSR count). The van der Waals surface area contributed by atoms with Crippen LogP contribution in [0.1, 0.15) is 5.56 Å². The van der Waals surface area contributed by atoms with Gasteiger partial charge < -0.3 is 0 Å². The van der Waals surface area contributed by atoms with Crippen molar-refractivity contribution in [3.05, 3.63) is 33.8 Å². The lowest BCUT2D eigenvalue weighted by atomic mass is 10.2. The van der Waals surface area contributed by atoms with Gasteiger partial charge in [0.15, 0.2) is 0 Å². The van der Waals surface area contributed by atoms with E-state index in [4.69, 9.17) is 35.4 Å². The van der Waals surface area contributed by atoms with Crippen molar-refractivity contribution in [2.24, 2.45) is 0 Å². The van der Waals surface area contributed by atoms with Crippen LogP contribution in [0.5, 0.6) is 0 Å². The molecule has 0 nitrogen and oxygen atoms in total. The summed E-state index contributed by atoms with van der Waals surface area (Å²) in [4.78, 5) is 0. The minimum atomic E-state index is 0.583. The topological polar surface area (TPSA) is 0 Å². The van der Waals surface area contributed by atoms with Gasteiger partial charge in [-0.05, 0) is 23.1 Å². The summed E-state index contributed by atoms with van der Waals surface area (Å²) in [6.07, 6.45) is 0.756. The third-order valence-electron chi connectivity index (χ3n) is 1.30. The standard InChI is InChI=1S/C8H6Cl2S/c9-7-2-1-6(3-4-11)5-8(7)10/h1-2,4-5H,3H2. The summed E-state index contributed by atoms with van der Waals surface area (Å²) in [6.45, 7) is 0. The molecular formula is C8H6Cl2S. The maximum absolute atomic E-state index is 5.77. The molecule has 0 N–H and O–H groups in total. The average molecular weight is 205 g/mol. The fraction of sp³-hybridized carbons (Fsp3) is 0.125. The van der Waals surface area contributed by atoms with Gasteiger partial charge in [0.25, 0.3) is 0 Å². The molecule has 1 aromatic rings. The summed E-state index contributed by atoms with van der Waals surface area (Å²) in [5.74, 6) is 0. The number of thiocarbonyl (C=S) groups is 1. The fourth-order valence-corrected chi connectivity index (χ4v) is 1.28. The van der Waals surface area contributed by atoms with Crippen molar-refractivity contribution in [3.63, 3.8) is 0 Å². The lowest BCUT2D eigenvalue weighted by molar-refractivity contribution is 1.38. The Kier molecular flexibility index (Phi) is 3.31. The molecule has 0 spiro atoms. The third kappa shape index (κ3) is 2.44. The normalized spacial score (nSPS) is 9.64. The quantitative estimate of drug-likeness (QED) is 0.665. The van der Waals surface area contributed by atoms with Crippen LogP contribution in [0.15, 0.2) is 18.2 Å². The van der Waals surface area contributed by atoms with Gasteiger partial charge >= 0.3 is 0 Å². The average Bonchev–Trinajstić information content (AvgIpc) is 1.98. The number of hydrogen-bond donors (Lipinski definition) is 0. The summed E-state index contributed by atoms with van der Waals surface area (Å²) in [7, 11) is 0. The van der Waals surface area contributed by atoms with Gasteiger partial charge in [-0.15, -0.1) is 0 Å². The van der Waals surface area contributed by atoms with Gasteiger partial charge in [-0.3, -0.25) is 0 Å². The highest BCUT2D eigenvalue weighted by atomic mass is 35.5. The summed E-state index contributed by atoms with van der Waals surface area (Å²) in [5, 5.41) is 2.83. The lowest BCUT2D eigenvalue weighted by Gasteiger charge is -1.97. The first kappa shape index (κ1) is 8.98. The SMILES string of the molecule is S=CCc1ccc(Cl)c(Cl)c1. The molecule has 0 heterocycles. The Balaban J connectivity index is 2.95. The van der Waals surface area contributed by atoms with Crippen molar-refractivity contribution in [1.82, 2.24) is 0 Å². The molecule has 0 saturated carbocycles. The van der Waals surface area contributed by atoms with E-state index in [0.717, 1.165) is 12.0 Å². The molecule has 3 heteroatoms. The maximum atomic E-state index is 5.77. The van der Waals surface area contributed by atoms with Crippen LogP contribution in [0.4, 0.5) is 0 Å². The molecule has 0 aliphatic rings. The van der Waals surface area contributed by atoms with E-state index >= 15 is 0 Å². The predicted octanol–water partition coefficient (Wildman–Crippen LogP) is 3.54. The monoisotopic (exact) mass is 204 g/mol. The highest BCUT2D eigenvalue weighted by Gasteiger charge is 1.96. The minimum absolute atomic E-state index is 0.583. The second kappa shape index (κ2) is 4.05. The Morgan fingerprint density at radius 3 is 2.55 bits per heavy atom.